The van der Waals surface area contributed by atoms with E-state index >= 15 is 0 Å². The molecule has 8 nitrogen and oxygen atoms in total. The maximum atomic E-state index is 13.5. The number of pyridine rings is 1. The summed E-state index contributed by atoms with van der Waals surface area (Å²) in [6.45, 7) is 1.49. The summed E-state index contributed by atoms with van der Waals surface area (Å²) in [6, 6.07) is 11.9. The number of aromatic nitrogens is 1. The van der Waals surface area contributed by atoms with E-state index in [0.29, 0.717) is 18.4 Å². The number of carbonyl (C=O) groups excluding carboxylic acids is 2. The Labute approximate surface area is 209 Å². The number of aliphatic hydroxyl groups excluding tert-OH is 1. The molecule has 3 aromatic rings. The van der Waals surface area contributed by atoms with Crippen LogP contribution in [0.5, 0.6) is 11.5 Å². The lowest BCUT2D eigenvalue weighted by atomic mass is 10.1. The smallest absolute Gasteiger partial charge is 0.419 e. The quantitative estimate of drug-likeness (QED) is 0.364. The number of aromatic amines is 1. The van der Waals surface area contributed by atoms with Crippen molar-refractivity contribution in [3.63, 3.8) is 0 Å². The number of alkyl halides is 3. The average molecular weight is 515 g/mol. The van der Waals surface area contributed by atoms with E-state index in [1.54, 1.807) is 12.1 Å². The second kappa shape index (κ2) is 10.1. The van der Waals surface area contributed by atoms with Gasteiger partial charge in [0.15, 0.2) is 5.43 Å². The molecule has 0 spiro atoms. The van der Waals surface area contributed by atoms with Crippen LogP contribution in [0.4, 0.5) is 13.2 Å². The Kier molecular flexibility index (Phi) is 7.08. The van der Waals surface area contributed by atoms with Crippen LogP contribution < -0.4 is 20.8 Å². The first kappa shape index (κ1) is 26.0. The third kappa shape index (κ3) is 6.18. The molecule has 1 aliphatic rings. The van der Waals surface area contributed by atoms with Crippen molar-refractivity contribution in [3.05, 3.63) is 93.4 Å². The molecule has 4 N–H and O–H groups in total. The van der Waals surface area contributed by atoms with Crippen molar-refractivity contribution in [2.45, 2.75) is 44.1 Å². The third-order valence-corrected chi connectivity index (χ3v) is 5.95. The van der Waals surface area contributed by atoms with Gasteiger partial charge in [0.05, 0.1) is 11.7 Å². The third-order valence-electron chi connectivity index (χ3n) is 5.95. The normalized spacial score (nSPS) is 14.9. The fourth-order valence-corrected chi connectivity index (χ4v) is 3.67. The number of rotatable bonds is 8. The summed E-state index contributed by atoms with van der Waals surface area (Å²) < 4.78 is 45.9. The van der Waals surface area contributed by atoms with Gasteiger partial charge in [-0.1, -0.05) is 18.2 Å². The molecular formula is C26H24F3N3O5. The van der Waals surface area contributed by atoms with Gasteiger partial charge in [-0.25, -0.2) is 0 Å². The molecule has 0 bridgehead atoms. The van der Waals surface area contributed by atoms with Gasteiger partial charge in [0.25, 0.3) is 5.91 Å². The molecule has 1 aromatic heterocycles. The highest BCUT2D eigenvalue weighted by Crippen LogP contribution is 2.40. The van der Waals surface area contributed by atoms with Crippen LogP contribution in [0.2, 0.25) is 0 Å². The Balaban J connectivity index is 1.37. The largest absolute Gasteiger partial charge is 0.457 e. The van der Waals surface area contributed by atoms with E-state index in [1.807, 2.05) is 0 Å². The zero-order valence-electron chi connectivity index (χ0n) is 19.7. The summed E-state index contributed by atoms with van der Waals surface area (Å²) in [5, 5.41) is 15.0. The van der Waals surface area contributed by atoms with Crippen molar-refractivity contribution in [1.82, 2.24) is 15.6 Å². The monoisotopic (exact) mass is 515 g/mol. The summed E-state index contributed by atoms with van der Waals surface area (Å²) in [4.78, 5) is 39.2. The Hall–Kier alpha value is -4.12. The SMILES string of the molecule is CC(O)c1ccc(Oc2ccc(CNC(=O)C3(NC(=O)c4cc(=O)cc[nH]4)CC3)cc2)c(C(F)(F)F)c1. The Morgan fingerprint density at radius 3 is 2.41 bits per heavy atom. The van der Waals surface area contributed by atoms with Crippen molar-refractivity contribution in [2.24, 2.45) is 0 Å². The molecule has 37 heavy (non-hydrogen) atoms. The number of benzene rings is 2. The number of ether oxygens (including phenoxy) is 1. The molecule has 1 fully saturated rings. The minimum atomic E-state index is -4.67. The minimum absolute atomic E-state index is 0.0522. The lowest BCUT2D eigenvalue weighted by Gasteiger charge is -2.18. The van der Waals surface area contributed by atoms with Crippen LogP contribution in [0, 0.1) is 0 Å². The Bertz CT molecular complexity index is 1360. The van der Waals surface area contributed by atoms with E-state index in [9.17, 15) is 32.7 Å². The van der Waals surface area contributed by atoms with E-state index in [1.165, 1.54) is 37.4 Å². The van der Waals surface area contributed by atoms with Crippen molar-refractivity contribution < 1.29 is 32.6 Å². The number of aliphatic hydroxyl groups is 1. The Morgan fingerprint density at radius 2 is 1.81 bits per heavy atom. The van der Waals surface area contributed by atoms with Gasteiger partial charge < -0.3 is 25.5 Å². The Morgan fingerprint density at radius 1 is 1.11 bits per heavy atom. The number of hydrogen-bond donors (Lipinski definition) is 4. The van der Waals surface area contributed by atoms with E-state index in [-0.39, 0.29) is 34.9 Å². The molecule has 2 aromatic carbocycles. The van der Waals surface area contributed by atoms with E-state index in [2.05, 4.69) is 15.6 Å². The highest BCUT2D eigenvalue weighted by molar-refractivity contribution is 5.99. The molecule has 0 saturated heterocycles. The highest BCUT2D eigenvalue weighted by atomic mass is 19.4. The van der Waals surface area contributed by atoms with Crippen LogP contribution in [0.25, 0.3) is 0 Å². The summed E-state index contributed by atoms with van der Waals surface area (Å²) >= 11 is 0. The molecule has 11 heteroatoms. The summed E-state index contributed by atoms with van der Waals surface area (Å²) in [5.41, 5.74) is -1.56. The predicted octanol–water partition coefficient (Wildman–Crippen LogP) is 3.82. The van der Waals surface area contributed by atoms with Crippen molar-refractivity contribution in [2.75, 3.05) is 0 Å². The van der Waals surface area contributed by atoms with Gasteiger partial charge in [0.2, 0.25) is 5.91 Å². The maximum absolute atomic E-state index is 13.5. The van der Waals surface area contributed by atoms with Crippen molar-refractivity contribution in [1.29, 1.82) is 0 Å². The van der Waals surface area contributed by atoms with Crippen molar-refractivity contribution >= 4 is 11.8 Å². The fourth-order valence-electron chi connectivity index (χ4n) is 3.67. The molecule has 1 aliphatic carbocycles. The molecular weight excluding hydrogens is 491 g/mol. The zero-order chi connectivity index (χ0) is 26.8. The molecule has 1 heterocycles. The predicted molar refractivity (Wildman–Crippen MR) is 127 cm³/mol. The first-order valence-corrected chi connectivity index (χ1v) is 11.4. The molecule has 1 unspecified atom stereocenters. The van der Waals surface area contributed by atoms with Gasteiger partial charge in [-0.3, -0.25) is 14.4 Å². The number of halogens is 3. The highest BCUT2D eigenvalue weighted by Gasteiger charge is 2.51. The summed E-state index contributed by atoms with van der Waals surface area (Å²) in [5.74, 6) is -1.18. The molecule has 0 radical (unpaired) electrons. The topological polar surface area (TPSA) is 121 Å². The van der Waals surface area contributed by atoms with E-state index in [4.69, 9.17) is 4.74 Å². The first-order valence-electron chi connectivity index (χ1n) is 11.4. The van der Waals surface area contributed by atoms with E-state index < -0.39 is 35.0 Å². The summed E-state index contributed by atoms with van der Waals surface area (Å²) in [7, 11) is 0. The molecule has 1 saturated carbocycles. The second-order valence-electron chi connectivity index (χ2n) is 8.83. The van der Waals surface area contributed by atoms with Gasteiger partial charge in [-0.05, 0) is 55.2 Å². The van der Waals surface area contributed by atoms with Crippen LogP contribution in [-0.4, -0.2) is 27.4 Å². The molecule has 0 aliphatic heterocycles. The van der Waals surface area contributed by atoms with E-state index in [0.717, 1.165) is 18.2 Å². The lowest BCUT2D eigenvalue weighted by Crippen LogP contribution is -2.49. The van der Waals surface area contributed by atoms with Gasteiger partial charge in [0, 0.05) is 24.9 Å². The molecule has 1 atom stereocenters. The van der Waals surface area contributed by atoms with Gasteiger partial charge in [-0.2, -0.15) is 13.2 Å². The second-order valence-corrected chi connectivity index (χ2v) is 8.83. The lowest BCUT2D eigenvalue weighted by molar-refractivity contribution is -0.138. The number of H-pyrrole nitrogens is 1. The average Bonchev–Trinajstić information content (AvgIpc) is 3.63. The van der Waals surface area contributed by atoms with Gasteiger partial charge >= 0.3 is 6.18 Å². The van der Waals surface area contributed by atoms with Gasteiger partial charge in [-0.15, -0.1) is 0 Å². The fraction of sp³-hybridized carbons (Fsp3) is 0.269. The number of hydrogen-bond acceptors (Lipinski definition) is 5. The minimum Gasteiger partial charge on any atom is -0.457 e. The summed E-state index contributed by atoms with van der Waals surface area (Å²) in [6.07, 6.45) is -3.49. The van der Waals surface area contributed by atoms with Crippen LogP contribution in [0.3, 0.4) is 0 Å². The van der Waals surface area contributed by atoms with Crippen LogP contribution in [0.15, 0.2) is 65.6 Å². The zero-order valence-corrected chi connectivity index (χ0v) is 19.7. The van der Waals surface area contributed by atoms with Crippen LogP contribution >= 0.6 is 0 Å². The maximum Gasteiger partial charge on any atom is 0.419 e. The molecule has 194 valence electrons. The number of nitrogens with one attached hydrogen (secondary N) is 3. The molecule has 4 rings (SSSR count). The van der Waals surface area contributed by atoms with Crippen LogP contribution in [-0.2, 0) is 17.5 Å². The number of carbonyl (C=O) groups is 2. The first-order chi connectivity index (χ1) is 17.5. The van der Waals surface area contributed by atoms with Crippen LogP contribution in [0.1, 0.15) is 53.0 Å². The van der Waals surface area contributed by atoms with Crippen molar-refractivity contribution in [3.8, 4) is 11.5 Å². The number of amides is 2. The molecule has 2 amide bonds. The standard InChI is InChI=1S/C26H24F3N3O5/c1-15(33)17-4-7-22(20(12-17)26(27,28)29)37-19-5-2-16(3-6-19)14-31-24(36)25(9-10-25)32-23(35)21-13-18(34)8-11-30-21/h2-8,11-13,15,33H,9-10,14H2,1H3,(H,30,34)(H,31,36)(H,32,35). The van der Waals surface area contributed by atoms with Gasteiger partial charge in [0.1, 0.15) is 22.7 Å².